The quantitative estimate of drug-likeness (QED) is 0.480. The van der Waals surface area contributed by atoms with Gasteiger partial charge in [0.1, 0.15) is 5.82 Å². The molecule has 0 aromatic carbocycles. The molecule has 0 radical (unpaired) electrons. The van der Waals surface area contributed by atoms with Crippen LogP contribution in [0.5, 0.6) is 0 Å². The minimum atomic E-state index is -0.384. The fourth-order valence-corrected chi connectivity index (χ4v) is 2.15. The van der Waals surface area contributed by atoms with E-state index < -0.39 is 0 Å². The molecule has 6 heteroatoms. The monoisotopic (exact) mass is 255 g/mol. The van der Waals surface area contributed by atoms with E-state index in [0.29, 0.717) is 16.8 Å². The van der Waals surface area contributed by atoms with Gasteiger partial charge in [-0.2, -0.15) is 0 Å². The zero-order valence-electron chi connectivity index (χ0n) is 10.3. The molecule has 0 aliphatic carbocycles. The number of nitrogens with zero attached hydrogens (tertiary/aromatic N) is 2. The zero-order valence-corrected chi connectivity index (χ0v) is 11.1. The third kappa shape index (κ3) is 4.22. The van der Waals surface area contributed by atoms with E-state index >= 15 is 0 Å². The van der Waals surface area contributed by atoms with Crippen LogP contribution in [0.3, 0.4) is 0 Å². The van der Waals surface area contributed by atoms with Gasteiger partial charge in [0.15, 0.2) is 5.03 Å². The molecule has 0 aliphatic rings. The molecule has 1 rings (SSSR count). The molecule has 94 valence electrons. The van der Waals surface area contributed by atoms with Crippen molar-refractivity contribution in [2.45, 2.75) is 25.8 Å². The molecule has 1 heterocycles. The Morgan fingerprint density at radius 2 is 2.24 bits per heavy atom. The van der Waals surface area contributed by atoms with Crippen LogP contribution in [0.4, 0.5) is 11.5 Å². The Morgan fingerprint density at radius 1 is 1.53 bits per heavy atom. The van der Waals surface area contributed by atoms with Gasteiger partial charge in [0, 0.05) is 18.4 Å². The van der Waals surface area contributed by atoms with E-state index in [4.69, 9.17) is 0 Å². The summed E-state index contributed by atoms with van der Waals surface area (Å²) in [4.78, 5) is 14.7. The van der Waals surface area contributed by atoms with Crippen molar-refractivity contribution in [2.75, 3.05) is 17.6 Å². The third-order valence-corrected chi connectivity index (χ3v) is 3.36. The highest BCUT2D eigenvalue weighted by Gasteiger charge is 2.16. The number of aromatic nitrogens is 1. The molecule has 17 heavy (non-hydrogen) atoms. The van der Waals surface area contributed by atoms with Crippen LogP contribution in [0.25, 0.3) is 0 Å². The van der Waals surface area contributed by atoms with E-state index in [1.54, 1.807) is 6.07 Å². The maximum absolute atomic E-state index is 10.9. The number of rotatable bonds is 6. The van der Waals surface area contributed by atoms with Crippen LogP contribution in [0.2, 0.25) is 0 Å². The van der Waals surface area contributed by atoms with Crippen molar-refractivity contribution in [2.24, 2.45) is 5.92 Å². The predicted octanol–water partition coefficient (Wildman–Crippen LogP) is 3.17. The van der Waals surface area contributed by atoms with Gasteiger partial charge >= 0.3 is 5.69 Å². The molecule has 1 aromatic heterocycles. The molecule has 0 spiro atoms. The van der Waals surface area contributed by atoms with Gasteiger partial charge in [-0.1, -0.05) is 25.6 Å². The van der Waals surface area contributed by atoms with E-state index in [1.807, 2.05) is 6.92 Å². The van der Waals surface area contributed by atoms with Crippen LogP contribution < -0.4 is 5.32 Å². The normalized spacial score (nSPS) is 10.6. The van der Waals surface area contributed by atoms with Crippen LogP contribution in [0.15, 0.2) is 17.2 Å². The molecular weight excluding hydrogens is 238 g/mol. The molecule has 0 aliphatic heterocycles. The number of nitrogens with one attached hydrogen (secondary N) is 1. The summed E-state index contributed by atoms with van der Waals surface area (Å²) in [5, 5.41) is 14.4. The van der Waals surface area contributed by atoms with Crippen LogP contribution >= 0.6 is 11.8 Å². The van der Waals surface area contributed by atoms with Crippen LogP contribution in [-0.2, 0) is 0 Å². The van der Waals surface area contributed by atoms with E-state index in [-0.39, 0.29) is 10.6 Å². The summed E-state index contributed by atoms with van der Waals surface area (Å²) in [6.07, 6.45) is 0. The number of thioether (sulfide) groups is 1. The summed E-state index contributed by atoms with van der Waals surface area (Å²) >= 11 is 1.43. The highest BCUT2D eigenvalue weighted by molar-refractivity contribution is 7.99. The van der Waals surface area contributed by atoms with Gasteiger partial charge < -0.3 is 5.32 Å². The Hall–Kier alpha value is -1.30. The Kier molecular flexibility index (Phi) is 5.21. The number of nitro groups is 1. The lowest BCUT2D eigenvalue weighted by Gasteiger charge is -2.07. The minimum Gasteiger partial charge on any atom is -0.370 e. The van der Waals surface area contributed by atoms with Gasteiger partial charge in [-0.05, 0) is 18.9 Å². The second-order valence-electron chi connectivity index (χ2n) is 4.01. The second kappa shape index (κ2) is 6.44. The smallest absolute Gasteiger partial charge is 0.301 e. The first kappa shape index (κ1) is 13.8. The van der Waals surface area contributed by atoms with Crippen molar-refractivity contribution in [1.82, 2.24) is 4.98 Å². The van der Waals surface area contributed by atoms with E-state index in [2.05, 4.69) is 24.1 Å². The van der Waals surface area contributed by atoms with Gasteiger partial charge in [0.05, 0.1) is 4.92 Å². The highest BCUT2D eigenvalue weighted by Crippen LogP contribution is 2.29. The van der Waals surface area contributed by atoms with Crippen LogP contribution in [0.1, 0.15) is 20.8 Å². The van der Waals surface area contributed by atoms with Gasteiger partial charge in [-0.3, -0.25) is 10.1 Å². The maximum Gasteiger partial charge on any atom is 0.301 e. The molecule has 0 saturated carbocycles. The second-order valence-corrected chi connectivity index (χ2v) is 5.02. The summed E-state index contributed by atoms with van der Waals surface area (Å²) in [5.74, 6) is 1.98. The third-order valence-electron chi connectivity index (χ3n) is 1.95. The topological polar surface area (TPSA) is 68.1 Å². The van der Waals surface area contributed by atoms with Crippen molar-refractivity contribution in [3.8, 4) is 0 Å². The van der Waals surface area contributed by atoms with Crippen LogP contribution in [0, 0.1) is 16.0 Å². The van der Waals surface area contributed by atoms with Gasteiger partial charge in [-0.15, -0.1) is 0 Å². The predicted molar refractivity (Wildman–Crippen MR) is 70.6 cm³/mol. The van der Waals surface area contributed by atoms with Crippen LogP contribution in [-0.4, -0.2) is 22.2 Å². The lowest BCUT2D eigenvalue weighted by atomic mass is 10.3. The summed E-state index contributed by atoms with van der Waals surface area (Å²) < 4.78 is 0. The first-order valence-electron chi connectivity index (χ1n) is 5.56. The van der Waals surface area contributed by atoms with Crippen molar-refractivity contribution >= 4 is 23.3 Å². The standard InChI is InChI=1S/C11H17N3O2S/c1-4-12-10-6-5-9(14(15)16)11(13-10)17-7-8(2)3/h5-6,8H,4,7H2,1-3H3,(H,12,13). The van der Waals surface area contributed by atoms with E-state index in [0.717, 1.165) is 12.3 Å². The molecular formula is C11H17N3O2S. The number of pyridine rings is 1. The average Bonchev–Trinajstić information content (AvgIpc) is 2.26. The van der Waals surface area contributed by atoms with Crippen molar-refractivity contribution in [3.05, 3.63) is 22.2 Å². The number of hydrogen-bond acceptors (Lipinski definition) is 5. The van der Waals surface area contributed by atoms with Crippen molar-refractivity contribution in [1.29, 1.82) is 0 Å². The lowest BCUT2D eigenvalue weighted by molar-refractivity contribution is -0.388. The molecule has 1 aromatic rings. The molecule has 0 fully saturated rings. The Balaban J connectivity index is 2.94. The van der Waals surface area contributed by atoms with Gasteiger partial charge in [-0.25, -0.2) is 4.98 Å². The molecule has 0 atom stereocenters. The van der Waals surface area contributed by atoms with Gasteiger partial charge in [0.25, 0.3) is 0 Å². The lowest BCUT2D eigenvalue weighted by Crippen LogP contribution is -2.02. The zero-order chi connectivity index (χ0) is 12.8. The maximum atomic E-state index is 10.9. The fourth-order valence-electron chi connectivity index (χ4n) is 1.20. The Morgan fingerprint density at radius 3 is 2.76 bits per heavy atom. The molecule has 0 unspecified atom stereocenters. The van der Waals surface area contributed by atoms with E-state index in [9.17, 15) is 10.1 Å². The summed E-state index contributed by atoms with van der Waals surface area (Å²) in [7, 11) is 0. The summed E-state index contributed by atoms with van der Waals surface area (Å²) in [5.41, 5.74) is 0.0808. The first-order chi connectivity index (χ1) is 8.04. The Bertz CT molecular complexity index is 396. The minimum absolute atomic E-state index is 0.0808. The highest BCUT2D eigenvalue weighted by atomic mass is 32.2. The fraction of sp³-hybridized carbons (Fsp3) is 0.545. The molecule has 5 nitrogen and oxygen atoms in total. The average molecular weight is 255 g/mol. The molecule has 0 amide bonds. The first-order valence-corrected chi connectivity index (χ1v) is 6.55. The Labute approximate surface area is 105 Å². The molecule has 0 bridgehead atoms. The summed E-state index contributed by atoms with van der Waals surface area (Å²) in [6.45, 7) is 6.86. The van der Waals surface area contributed by atoms with Gasteiger partial charge in [0.2, 0.25) is 0 Å². The van der Waals surface area contributed by atoms with Crippen molar-refractivity contribution in [3.63, 3.8) is 0 Å². The molecule has 1 N–H and O–H groups in total. The summed E-state index contributed by atoms with van der Waals surface area (Å²) in [6, 6.07) is 3.15. The molecule has 0 saturated heterocycles. The number of hydrogen-bond donors (Lipinski definition) is 1. The van der Waals surface area contributed by atoms with Crippen molar-refractivity contribution < 1.29 is 4.92 Å². The largest absolute Gasteiger partial charge is 0.370 e. The SMILES string of the molecule is CCNc1ccc([N+](=O)[O-])c(SCC(C)C)n1. The van der Waals surface area contributed by atoms with E-state index in [1.165, 1.54) is 17.8 Å². The number of anilines is 1.